The molecule has 20 heavy (non-hydrogen) atoms. The number of fused-ring (bicyclic) bond motifs is 1. The standard InChI is InChI=1S/C14H15N3O3/c1-9-3-2-4-12-15-11(8-17(9)12)14(20)16-6-10(7-16)5-13(18)19/h2-4,8,10H,5-7H2,1H3,(H,18,19). The molecule has 2 aromatic heterocycles. The first-order valence-corrected chi connectivity index (χ1v) is 6.50. The fourth-order valence-electron chi connectivity index (χ4n) is 2.53. The maximum atomic E-state index is 12.2. The highest BCUT2D eigenvalue weighted by Gasteiger charge is 2.33. The smallest absolute Gasteiger partial charge is 0.303 e. The summed E-state index contributed by atoms with van der Waals surface area (Å²) in [5, 5.41) is 8.70. The van der Waals surface area contributed by atoms with Gasteiger partial charge in [0.05, 0.1) is 6.42 Å². The summed E-state index contributed by atoms with van der Waals surface area (Å²) in [4.78, 5) is 28.8. The largest absolute Gasteiger partial charge is 0.481 e. The molecule has 0 unspecified atom stereocenters. The van der Waals surface area contributed by atoms with Crippen LogP contribution < -0.4 is 0 Å². The number of pyridine rings is 1. The van der Waals surface area contributed by atoms with Crippen molar-refractivity contribution in [2.24, 2.45) is 5.92 Å². The number of aliphatic carboxylic acids is 1. The van der Waals surface area contributed by atoms with Gasteiger partial charge in [-0.1, -0.05) is 6.07 Å². The minimum absolute atomic E-state index is 0.0650. The summed E-state index contributed by atoms with van der Waals surface area (Å²) in [5.41, 5.74) is 2.17. The summed E-state index contributed by atoms with van der Waals surface area (Å²) in [5.74, 6) is -0.879. The number of amides is 1. The third-order valence-corrected chi connectivity index (χ3v) is 3.62. The minimum atomic E-state index is -0.814. The molecule has 3 rings (SSSR count). The number of carboxylic acid groups (broad SMARTS) is 1. The maximum Gasteiger partial charge on any atom is 0.303 e. The number of imidazole rings is 1. The van der Waals surface area contributed by atoms with Crippen molar-refractivity contribution in [1.29, 1.82) is 0 Å². The van der Waals surface area contributed by atoms with Gasteiger partial charge in [0, 0.05) is 30.9 Å². The Balaban J connectivity index is 1.74. The predicted molar refractivity (Wildman–Crippen MR) is 71.6 cm³/mol. The third kappa shape index (κ3) is 2.13. The number of aromatic nitrogens is 2. The topological polar surface area (TPSA) is 74.9 Å². The number of carboxylic acids is 1. The van der Waals surface area contributed by atoms with Crippen LogP contribution in [0.25, 0.3) is 5.65 Å². The van der Waals surface area contributed by atoms with Crippen LogP contribution in [0.3, 0.4) is 0 Å². The van der Waals surface area contributed by atoms with Gasteiger partial charge in [0.15, 0.2) is 0 Å². The van der Waals surface area contributed by atoms with Crippen molar-refractivity contribution in [3.05, 3.63) is 35.8 Å². The van der Waals surface area contributed by atoms with Gasteiger partial charge in [0.1, 0.15) is 11.3 Å². The highest BCUT2D eigenvalue weighted by Crippen LogP contribution is 2.21. The summed E-state index contributed by atoms with van der Waals surface area (Å²) < 4.78 is 1.88. The number of hydrogen-bond donors (Lipinski definition) is 1. The number of nitrogens with zero attached hydrogens (tertiary/aromatic N) is 3. The second-order valence-corrected chi connectivity index (χ2v) is 5.20. The van der Waals surface area contributed by atoms with Crippen molar-refractivity contribution >= 4 is 17.5 Å². The molecule has 0 spiro atoms. The Hall–Kier alpha value is -2.37. The summed E-state index contributed by atoms with van der Waals surface area (Å²) in [7, 11) is 0. The number of aryl methyl sites for hydroxylation is 1. The summed E-state index contributed by atoms with van der Waals surface area (Å²) >= 11 is 0. The van der Waals surface area contributed by atoms with E-state index in [1.165, 1.54) is 0 Å². The van der Waals surface area contributed by atoms with Crippen molar-refractivity contribution in [3.63, 3.8) is 0 Å². The second-order valence-electron chi connectivity index (χ2n) is 5.20. The molecule has 6 nitrogen and oxygen atoms in total. The molecule has 0 saturated carbocycles. The molecule has 0 radical (unpaired) electrons. The first-order valence-electron chi connectivity index (χ1n) is 6.50. The van der Waals surface area contributed by atoms with E-state index in [-0.39, 0.29) is 18.2 Å². The van der Waals surface area contributed by atoms with Gasteiger partial charge in [0.2, 0.25) is 0 Å². The van der Waals surface area contributed by atoms with Gasteiger partial charge in [0.25, 0.3) is 5.91 Å². The lowest BCUT2D eigenvalue weighted by Crippen LogP contribution is -2.50. The molecule has 3 heterocycles. The first kappa shape index (κ1) is 12.7. The number of hydrogen-bond acceptors (Lipinski definition) is 3. The maximum absolute atomic E-state index is 12.2. The monoisotopic (exact) mass is 273 g/mol. The zero-order valence-electron chi connectivity index (χ0n) is 11.1. The Labute approximate surface area is 115 Å². The van der Waals surface area contributed by atoms with Gasteiger partial charge in [-0.2, -0.15) is 0 Å². The van der Waals surface area contributed by atoms with Crippen molar-refractivity contribution in [3.8, 4) is 0 Å². The molecule has 1 aliphatic rings. The Bertz CT molecular complexity index is 686. The molecule has 104 valence electrons. The number of carbonyl (C=O) groups is 2. The number of likely N-dealkylation sites (tertiary alicyclic amines) is 1. The lowest BCUT2D eigenvalue weighted by Gasteiger charge is -2.38. The van der Waals surface area contributed by atoms with E-state index in [0.717, 1.165) is 11.3 Å². The first-order chi connectivity index (χ1) is 9.54. The van der Waals surface area contributed by atoms with E-state index in [0.29, 0.717) is 18.8 Å². The zero-order valence-corrected chi connectivity index (χ0v) is 11.1. The minimum Gasteiger partial charge on any atom is -0.481 e. The van der Waals surface area contributed by atoms with Crippen molar-refractivity contribution < 1.29 is 14.7 Å². The molecule has 1 saturated heterocycles. The molecule has 1 fully saturated rings. The quantitative estimate of drug-likeness (QED) is 0.911. The second kappa shape index (κ2) is 4.63. The van der Waals surface area contributed by atoms with Crippen LogP contribution in [0.1, 0.15) is 22.6 Å². The molecular weight excluding hydrogens is 258 g/mol. The molecule has 0 bridgehead atoms. The van der Waals surface area contributed by atoms with Crippen LogP contribution in [-0.4, -0.2) is 44.4 Å². The lowest BCUT2D eigenvalue weighted by atomic mass is 9.96. The van der Waals surface area contributed by atoms with Crippen molar-refractivity contribution in [2.75, 3.05) is 13.1 Å². The molecule has 1 aliphatic heterocycles. The van der Waals surface area contributed by atoms with E-state index < -0.39 is 5.97 Å². The van der Waals surface area contributed by atoms with Gasteiger partial charge in [-0.3, -0.25) is 9.59 Å². The van der Waals surface area contributed by atoms with E-state index >= 15 is 0 Å². The van der Waals surface area contributed by atoms with Crippen LogP contribution >= 0.6 is 0 Å². The van der Waals surface area contributed by atoms with Crippen LogP contribution in [0.5, 0.6) is 0 Å². The molecule has 6 heteroatoms. The fourth-order valence-corrected chi connectivity index (χ4v) is 2.53. The lowest BCUT2D eigenvalue weighted by molar-refractivity contribution is -0.139. The molecule has 2 aromatic rings. The summed E-state index contributed by atoms with van der Waals surface area (Å²) in [6.07, 6.45) is 1.85. The number of rotatable bonds is 3. The molecule has 0 aliphatic carbocycles. The van der Waals surface area contributed by atoms with Gasteiger partial charge in [-0.25, -0.2) is 4.98 Å². The van der Waals surface area contributed by atoms with Crippen LogP contribution in [0.2, 0.25) is 0 Å². The van der Waals surface area contributed by atoms with Crippen LogP contribution in [-0.2, 0) is 4.79 Å². The Morgan fingerprint density at radius 1 is 1.40 bits per heavy atom. The fraction of sp³-hybridized carbons (Fsp3) is 0.357. The Morgan fingerprint density at radius 3 is 2.80 bits per heavy atom. The van der Waals surface area contributed by atoms with E-state index in [4.69, 9.17) is 5.11 Å². The Morgan fingerprint density at radius 2 is 2.15 bits per heavy atom. The van der Waals surface area contributed by atoms with Gasteiger partial charge >= 0.3 is 5.97 Å². The highest BCUT2D eigenvalue weighted by molar-refractivity contribution is 5.93. The average molecular weight is 273 g/mol. The van der Waals surface area contributed by atoms with Crippen LogP contribution in [0.4, 0.5) is 0 Å². The SMILES string of the molecule is Cc1cccc2nc(C(=O)N3CC(CC(=O)O)C3)cn12. The average Bonchev–Trinajstić information content (AvgIpc) is 2.77. The molecule has 1 amide bonds. The van der Waals surface area contributed by atoms with Crippen molar-refractivity contribution in [2.45, 2.75) is 13.3 Å². The third-order valence-electron chi connectivity index (χ3n) is 3.62. The van der Waals surface area contributed by atoms with Crippen molar-refractivity contribution in [1.82, 2.24) is 14.3 Å². The summed E-state index contributed by atoms with van der Waals surface area (Å²) in [6, 6.07) is 5.71. The summed E-state index contributed by atoms with van der Waals surface area (Å²) in [6.45, 7) is 2.95. The predicted octanol–water partition coefficient (Wildman–Crippen LogP) is 1.19. The van der Waals surface area contributed by atoms with Crippen LogP contribution in [0.15, 0.2) is 24.4 Å². The van der Waals surface area contributed by atoms with E-state index in [1.54, 1.807) is 11.1 Å². The van der Waals surface area contributed by atoms with E-state index in [9.17, 15) is 9.59 Å². The zero-order chi connectivity index (χ0) is 14.3. The molecule has 0 atom stereocenters. The van der Waals surface area contributed by atoms with Crippen LogP contribution in [0, 0.1) is 12.8 Å². The Kier molecular flexibility index (Phi) is 2.93. The van der Waals surface area contributed by atoms with E-state index in [2.05, 4.69) is 4.98 Å². The van der Waals surface area contributed by atoms with E-state index in [1.807, 2.05) is 29.5 Å². The highest BCUT2D eigenvalue weighted by atomic mass is 16.4. The van der Waals surface area contributed by atoms with Gasteiger partial charge in [-0.05, 0) is 19.1 Å². The molecular formula is C14H15N3O3. The molecule has 0 aromatic carbocycles. The normalized spacial score (nSPS) is 15.3. The van der Waals surface area contributed by atoms with Gasteiger partial charge in [-0.15, -0.1) is 0 Å². The van der Waals surface area contributed by atoms with Gasteiger partial charge < -0.3 is 14.4 Å². The number of carbonyl (C=O) groups excluding carboxylic acids is 1. The molecule has 1 N–H and O–H groups in total.